The summed E-state index contributed by atoms with van der Waals surface area (Å²) in [4.78, 5) is 36.5. The van der Waals surface area contributed by atoms with Crippen LogP contribution in [0.25, 0.3) is 0 Å². The molecule has 43 heavy (non-hydrogen) atoms. The third-order valence-corrected chi connectivity index (χ3v) is 9.50. The Morgan fingerprint density at radius 1 is 0.884 bits per heavy atom. The van der Waals surface area contributed by atoms with Crippen LogP contribution in [0.15, 0.2) is 72.8 Å². The molecule has 2 unspecified atom stereocenters. The molecule has 2 fully saturated rings. The molecule has 7 nitrogen and oxygen atoms in total. The molecular weight excluding hydrogens is 558 g/mol. The van der Waals surface area contributed by atoms with Crippen LogP contribution in [0.1, 0.15) is 47.6 Å². The van der Waals surface area contributed by atoms with Crippen molar-refractivity contribution in [3.8, 4) is 0 Å². The van der Waals surface area contributed by atoms with E-state index in [4.69, 9.17) is 11.6 Å². The Morgan fingerprint density at radius 2 is 1.58 bits per heavy atom. The summed E-state index contributed by atoms with van der Waals surface area (Å²) in [7, 11) is 2.05. The maximum atomic E-state index is 14.0. The van der Waals surface area contributed by atoms with Crippen LogP contribution in [-0.2, 0) is 29.1 Å². The summed E-state index contributed by atoms with van der Waals surface area (Å²) >= 11 is 6.13. The van der Waals surface area contributed by atoms with Crippen molar-refractivity contribution in [3.05, 3.63) is 100 Å². The lowest BCUT2D eigenvalue weighted by molar-refractivity contribution is -0.137. The minimum absolute atomic E-state index is 0.00616. The number of hydrogen-bond acceptors (Lipinski definition) is 5. The topological polar surface area (TPSA) is 59.1 Å². The summed E-state index contributed by atoms with van der Waals surface area (Å²) in [5.41, 5.74) is 6.06. The number of fused-ring (bicyclic) bond motifs is 1. The zero-order chi connectivity index (χ0) is 29.8. The SMILES string of the molecule is CN1Cc2ccccc2C1CC(=O)NC(Cc1ccc(Cl)cc1)C(=O)N1CCN(c2ccccc2CN2CCCC2)CC1. The number of nitrogens with one attached hydrogen (secondary N) is 1. The second kappa shape index (κ2) is 13.5. The van der Waals surface area contributed by atoms with Crippen molar-refractivity contribution < 1.29 is 9.59 Å². The molecule has 3 aromatic rings. The van der Waals surface area contributed by atoms with Crippen LogP contribution in [0.5, 0.6) is 0 Å². The molecule has 3 aliphatic heterocycles. The maximum absolute atomic E-state index is 14.0. The minimum Gasteiger partial charge on any atom is -0.368 e. The Bertz CT molecular complexity index is 1420. The average molecular weight is 600 g/mol. The molecule has 0 aromatic heterocycles. The van der Waals surface area contributed by atoms with Gasteiger partial charge in [-0.25, -0.2) is 0 Å². The molecule has 0 radical (unpaired) electrons. The van der Waals surface area contributed by atoms with E-state index in [0.717, 1.165) is 31.7 Å². The fourth-order valence-electron chi connectivity index (χ4n) is 6.89. The van der Waals surface area contributed by atoms with Gasteiger partial charge >= 0.3 is 0 Å². The van der Waals surface area contributed by atoms with E-state index >= 15 is 0 Å². The molecule has 3 heterocycles. The van der Waals surface area contributed by atoms with Gasteiger partial charge in [0.2, 0.25) is 11.8 Å². The normalized spacial score (nSPS) is 19.8. The second-order valence-electron chi connectivity index (χ2n) is 12.2. The van der Waals surface area contributed by atoms with Gasteiger partial charge in [-0.05, 0) is 73.4 Å². The van der Waals surface area contributed by atoms with E-state index in [9.17, 15) is 9.59 Å². The lowest BCUT2D eigenvalue weighted by atomic mass is 10.0. The molecule has 0 bridgehead atoms. The Labute approximate surface area is 260 Å². The van der Waals surface area contributed by atoms with Gasteiger partial charge in [-0.1, -0.05) is 66.2 Å². The first-order chi connectivity index (χ1) is 20.9. The van der Waals surface area contributed by atoms with Gasteiger partial charge in [-0.3, -0.25) is 19.4 Å². The van der Waals surface area contributed by atoms with Crippen LogP contribution in [0.4, 0.5) is 5.69 Å². The summed E-state index contributed by atoms with van der Waals surface area (Å²) in [6.45, 7) is 6.94. The highest BCUT2D eigenvalue weighted by Crippen LogP contribution is 2.34. The molecule has 1 N–H and O–H groups in total. The molecule has 2 saturated heterocycles. The number of hydrogen-bond donors (Lipinski definition) is 1. The van der Waals surface area contributed by atoms with E-state index in [1.807, 2.05) is 41.3 Å². The Hall–Kier alpha value is -3.39. The number of likely N-dealkylation sites (tertiary alicyclic amines) is 1. The number of halogens is 1. The molecule has 2 atom stereocenters. The number of carbonyl (C=O) groups is 2. The second-order valence-corrected chi connectivity index (χ2v) is 12.6. The van der Waals surface area contributed by atoms with Gasteiger partial charge in [-0.15, -0.1) is 0 Å². The molecular formula is C35H42ClN5O2. The lowest BCUT2D eigenvalue weighted by Crippen LogP contribution is -2.56. The van der Waals surface area contributed by atoms with Gasteiger partial charge in [0.15, 0.2) is 0 Å². The summed E-state index contributed by atoms with van der Waals surface area (Å²) in [5, 5.41) is 3.79. The van der Waals surface area contributed by atoms with Crippen LogP contribution < -0.4 is 10.2 Å². The summed E-state index contributed by atoms with van der Waals surface area (Å²) in [5.74, 6) is -0.121. The average Bonchev–Trinajstić information content (AvgIpc) is 3.65. The summed E-state index contributed by atoms with van der Waals surface area (Å²) in [6, 6.07) is 23.9. The van der Waals surface area contributed by atoms with E-state index in [-0.39, 0.29) is 17.9 Å². The van der Waals surface area contributed by atoms with Crippen LogP contribution in [0.3, 0.4) is 0 Å². The third kappa shape index (κ3) is 7.06. The number of benzene rings is 3. The van der Waals surface area contributed by atoms with Crippen molar-refractivity contribution >= 4 is 29.1 Å². The van der Waals surface area contributed by atoms with Crippen molar-refractivity contribution in [1.29, 1.82) is 0 Å². The number of carbonyl (C=O) groups excluding carboxylic acids is 2. The van der Waals surface area contributed by atoms with Crippen LogP contribution in [-0.4, -0.2) is 78.9 Å². The molecule has 0 aliphatic carbocycles. The fourth-order valence-corrected chi connectivity index (χ4v) is 7.02. The van der Waals surface area contributed by atoms with Crippen LogP contribution >= 0.6 is 11.6 Å². The maximum Gasteiger partial charge on any atom is 0.245 e. The molecule has 0 spiro atoms. The number of rotatable bonds is 9. The fraction of sp³-hybridized carbons (Fsp3) is 0.429. The first kappa shape index (κ1) is 29.7. The van der Waals surface area contributed by atoms with Gasteiger partial charge < -0.3 is 15.1 Å². The molecule has 3 aromatic carbocycles. The molecule has 226 valence electrons. The van der Waals surface area contributed by atoms with Gasteiger partial charge in [0.1, 0.15) is 6.04 Å². The number of para-hydroxylation sites is 1. The number of nitrogens with zero attached hydrogens (tertiary/aromatic N) is 4. The van der Waals surface area contributed by atoms with E-state index in [1.165, 1.54) is 48.3 Å². The number of piperazine rings is 1. The van der Waals surface area contributed by atoms with Gasteiger partial charge in [0, 0.05) is 68.9 Å². The standard InChI is InChI=1S/C35H42ClN5O2/c1-38-24-27-8-2-4-10-30(27)33(38)23-34(42)37-31(22-26-12-14-29(36)15-13-26)35(43)41-20-18-40(19-21-41)32-11-5-3-9-28(32)25-39-16-6-7-17-39/h2-5,8-15,31,33H,6-7,16-25H2,1H3,(H,37,42). The molecule has 0 saturated carbocycles. The van der Waals surface area contributed by atoms with Crippen molar-refractivity contribution in [2.75, 3.05) is 51.2 Å². The van der Waals surface area contributed by atoms with Crippen molar-refractivity contribution in [1.82, 2.24) is 20.0 Å². The summed E-state index contributed by atoms with van der Waals surface area (Å²) in [6.07, 6.45) is 3.31. The predicted molar refractivity (Wildman–Crippen MR) is 172 cm³/mol. The van der Waals surface area contributed by atoms with Crippen LogP contribution in [0.2, 0.25) is 5.02 Å². The molecule has 3 aliphatic rings. The zero-order valence-corrected chi connectivity index (χ0v) is 25.8. The zero-order valence-electron chi connectivity index (χ0n) is 25.1. The number of anilines is 1. The smallest absolute Gasteiger partial charge is 0.245 e. The van der Waals surface area contributed by atoms with E-state index in [2.05, 4.69) is 63.5 Å². The monoisotopic (exact) mass is 599 g/mol. The summed E-state index contributed by atoms with van der Waals surface area (Å²) < 4.78 is 0. The highest BCUT2D eigenvalue weighted by atomic mass is 35.5. The van der Waals surface area contributed by atoms with Gasteiger partial charge in [0.25, 0.3) is 0 Å². The Kier molecular flexibility index (Phi) is 9.31. The van der Waals surface area contributed by atoms with E-state index < -0.39 is 6.04 Å². The van der Waals surface area contributed by atoms with Crippen LogP contribution in [0, 0.1) is 0 Å². The molecule has 6 rings (SSSR count). The lowest BCUT2D eigenvalue weighted by Gasteiger charge is -2.38. The van der Waals surface area contributed by atoms with Crippen molar-refractivity contribution in [3.63, 3.8) is 0 Å². The largest absolute Gasteiger partial charge is 0.368 e. The Balaban J connectivity index is 1.12. The first-order valence-electron chi connectivity index (χ1n) is 15.6. The van der Waals surface area contributed by atoms with Gasteiger partial charge in [0.05, 0.1) is 0 Å². The highest BCUT2D eigenvalue weighted by molar-refractivity contribution is 6.30. The van der Waals surface area contributed by atoms with Crippen molar-refractivity contribution in [2.24, 2.45) is 0 Å². The molecule has 8 heteroatoms. The van der Waals surface area contributed by atoms with E-state index in [0.29, 0.717) is 31.0 Å². The molecule has 2 amide bonds. The van der Waals surface area contributed by atoms with E-state index in [1.54, 1.807) is 0 Å². The van der Waals surface area contributed by atoms with Crippen molar-refractivity contribution in [2.45, 2.75) is 50.9 Å². The predicted octanol–water partition coefficient (Wildman–Crippen LogP) is 4.89. The quantitative estimate of drug-likeness (QED) is 0.380. The number of amides is 2. The Morgan fingerprint density at radius 3 is 2.35 bits per heavy atom. The third-order valence-electron chi connectivity index (χ3n) is 9.25. The first-order valence-corrected chi connectivity index (χ1v) is 16.0. The van der Waals surface area contributed by atoms with Gasteiger partial charge in [-0.2, -0.15) is 0 Å². The minimum atomic E-state index is -0.635. The highest BCUT2D eigenvalue weighted by Gasteiger charge is 2.33.